The summed E-state index contributed by atoms with van der Waals surface area (Å²) in [5.41, 5.74) is 0.340. The molecule has 7 heteroatoms. The molecule has 1 spiro atoms. The highest BCUT2D eigenvalue weighted by atomic mass is 16.2. The van der Waals surface area contributed by atoms with Crippen LogP contribution in [0.3, 0.4) is 0 Å². The highest BCUT2D eigenvalue weighted by Crippen LogP contribution is 2.35. The summed E-state index contributed by atoms with van der Waals surface area (Å²) in [7, 11) is 0. The molecule has 1 aliphatic heterocycles. The van der Waals surface area contributed by atoms with E-state index in [9.17, 15) is 14.4 Å². The normalized spacial score (nSPS) is 19.0. The van der Waals surface area contributed by atoms with Gasteiger partial charge in [0.1, 0.15) is 11.4 Å². The standard InChI is InChI=1S/C17H22N4O3/c1-12-6-9-18-13(11-12)19-14(22)5-4-10-21-15(23)17(20-16(21)24)7-2-3-8-17/h6,9,11H,2-5,7-8,10H2,1H3,(H,20,24)(H,18,19,22). The van der Waals surface area contributed by atoms with Gasteiger partial charge >= 0.3 is 6.03 Å². The molecule has 2 heterocycles. The van der Waals surface area contributed by atoms with Gasteiger partial charge in [0.25, 0.3) is 5.91 Å². The fraction of sp³-hybridized carbons (Fsp3) is 0.529. The Morgan fingerprint density at radius 2 is 2.12 bits per heavy atom. The Morgan fingerprint density at radius 1 is 1.38 bits per heavy atom. The maximum atomic E-state index is 12.5. The van der Waals surface area contributed by atoms with Crippen LogP contribution >= 0.6 is 0 Å². The molecule has 0 unspecified atom stereocenters. The zero-order valence-electron chi connectivity index (χ0n) is 13.8. The maximum absolute atomic E-state index is 12.5. The molecule has 7 nitrogen and oxygen atoms in total. The summed E-state index contributed by atoms with van der Waals surface area (Å²) in [5, 5.41) is 5.57. The van der Waals surface area contributed by atoms with E-state index in [2.05, 4.69) is 15.6 Å². The van der Waals surface area contributed by atoms with E-state index in [0.717, 1.165) is 18.4 Å². The molecule has 1 aromatic rings. The Kier molecular flexibility index (Phi) is 4.51. The predicted molar refractivity (Wildman–Crippen MR) is 88.3 cm³/mol. The second-order valence-electron chi connectivity index (χ2n) is 6.55. The van der Waals surface area contributed by atoms with Gasteiger partial charge in [0.15, 0.2) is 0 Å². The Hall–Kier alpha value is -2.44. The van der Waals surface area contributed by atoms with Gasteiger partial charge < -0.3 is 10.6 Å². The first-order valence-corrected chi connectivity index (χ1v) is 8.37. The van der Waals surface area contributed by atoms with Crippen LogP contribution < -0.4 is 10.6 Å². The molecule has 1 aromatic heterocycles. The van der Waals surface area contributed by atoms with Crippen molar-refractivity contribution in [3.05, 3.63) is 23.9 Å². The minimum atomic E-state index is -0.676. The number of nitrogens with one attached hydrogen (secondary N) is 2. The number of amides is 4. The largest absolute Gasteiger partial charge is 0.325 e. The minimum absolute atomic E-state index is 0.134. The van der Waals surface area contributed by atoms with Gasteiger partial charge in [-0.25, -0.2) is 9.78 Å². The number of nitrogens with zero attached hydrogens (tertiary/aromatic N) is 2. The third-order valence-corrected chi connectivity index (χ3v) is 4.67. The third-order valence-electron chi connectivity index (χ3n) is 4.67. The molecule has 0 atom stereocenters. The van der Waals surface area contributed by atoms with Crippen LogP contribution in [0.4, 0.5) is 10.6 Å². The summed E-state index contributed by atoms with van der Waals surface area (Å²) < 4.78 is 0. The number of rotatable bonds is 5. The lowest BCUT2D eigenvalue weighted by Gasteiger charge is -2.19. The van der Waals surface area contributed by atoms with Crippen molar-refractivity contribution in [3.63, 3.8) is 0 Å². The van der Waals surface area contributed by atoms with Crippen molar-refractivity contribution in [1.29, 1.82) is 0 Å². The third kappa shape index (κ3) is 3.25. The number of hydrogen-bond donors (Lipinski definition) is 2. The molecule has 2 fully saturated rings. The molecule has 2 aliphatic rings. The summed E-state index contributed by atoms with van der Waals surface area (Å²) in [5.74, 6) is 0.210. The van der Waals surface area contributed by atoms with Crippen LogP contribution in [0, 0.1) is 6.92 Å². The monoisotopic (exact) mass is 330 g/mol. The number of urea groups is 1. The van der Waals surface area contributed by atoms with Crippen molar-refractivity contribution in [2.24, 2.45) is 0 Å². The van der Waals surface area contributed by atoms with E-state index in [-0.39, 0.29) is 30.8 Å². The molecule has 0 radical (unpaired) electrons. The lowest BCUT2D eigenvalue weighted by atomic mass is 9.98. The van der Waals surface area contributed by atoms with Crippen molar-refractivity contribution in [3.8, 4) is 0 Å². The molecule has 128 valence electrons. The second-order valence-corrected chi connectivity index (χ2v) is 6.55. The molecular weight excluding hydrogens is 308 g/mol. The van der Waals surface area contributed by atoms with Crippen LogP contribution in [-0.2, 0) is 9.59 Å². The first kappa shape index (κ1) is 16.4. The van der Waals surface area contributed by atoms with Crippen molar-refractivity contribution in [1.82, 2.24) is 15.2 Å². The average molecular weight is 330 g/mol. The van der Waals surface area contributed by atoms with Gasteiger partial charge in [-0.1, -0.05) is 12.8 Å². The van der Waals surface area contributed by atoms with Gasteiger partial charge in [-0.3, -0.25) is 14.5 Å². The predicted octanol–water partition coefficient (Wildman–Crippen LogP) is 1.97. The van der Waals surface area contributed by atoms with Crippen molar-refractivity contribution >= 4 is 23.7 Å². The number of pyridine rings is 1. The first-order chi connectivity index (χ1) is 11.5. The van der Waals surface area contributed by atoms with Gasteiger partial charge in [0.2, 0.25) is 5.91 Å². The van der Waals surface area contributed by atoms with E-state index in [1.807, 2.05) is 13.0 Å². The second kappa shape index (κ2) is 6.59. The molecule has 1 aliphatic carbocycles. The van der Waals surface area contributed by atoms with Crippen LogP contribution in [0.15, 0.2) is 18.3 Å². The smallest absolute Gasteiger partial charge is 0.323 e. The maximum Gasteiger partial charge on any atom is 0.325 e. The van der Waals surface area contributed by atoms with Crippen molar-refractivity contribution in [2.75, 3.05) is 11.9 Å². The summed E-state index contributed by atoms with van der Waals surface area (Å²) in [6, 6.07) is 3.31. The van der Waals surface area contributed by atoms with Gasteiger partial charge in [-0.05, 0) is 43.9 Å². The van der Waals surface area contributed by atoms with Gasteiger partial charge in [0, 0.05) is 19.2 Å². The lowest BCUT2D eigenvalue weighted by molar-refractivity contribution is -0.131. The number of aromatic nitrogens is 1. The molecule has 1 saturated heterocycles. The van der Waals surface area contributed by atoms with Gasteiger partial charge in [0.05, 0.1) is 0 Å². The Morgan fingerprint density at radius 3 is 2.83 bits per heavy atom. The zero-order valence-corrected chi connectivity index (χ0v) is 13.8. The highest BCUT2D eigenvalue weighted by Gasteiger charge is 2.51. The zero-order chi connectivity index (χ0) is 17.2. The van der Waals surface area contributed by atoms with Crippen LogP contribution in [0.5, 0.6) is 0 Å². The number of aryl methyl sites for hydroxylation is 1. The van der Waals surface area contributed by atoms with Crippen molar-refractivity contribution in [2.45, 2.75) is 51.0 Å². The van der Waals surface area contributed by atoms with E-state index in [1.165, 1.54) is 4.90 Å². The number of imide groups is 1. The Labute approximate surface area is 140 Å². The van der Waals surface area contributed by atoms with Gasteiger partial charge in [-0.15, -0.1) is 0 Å². The lowest BCUT2D eigenvalue weighted by Crippen LogP contribution is -2.44. The van der Waals surface area contributed by atoms with Crippen LogP contribution in [-0.4, -0.2) is 39.8 Å². The highest BCUT2D eigenvalue weighted by molar-refractivity contribution is 6.07. The quantitative estimate of drug-likeness (QED) is 0.808. The number of carbonyl (C=O) groups is 3. The molecular formula is C17H22N4O3. The molecule has 0 bridgehead atoms. The van der Waals surface area contributed by atoms with Crippen molar-refractivity contribution < 1.29 is 14.4 Å². The van der Waals surface area contributed by atoms with Crippen LogP contribution in [0.1, 0.15) is 44.1 Å². The summed E-state index contributed by atoms with van der Waals surface area (Å²) >= 11 is 0. The van der Waals surface area contributed by atoms with E-state index < -0.39 is 5.54 Å². The van der Waals surface area contributed by atoms with E-state index in [1.54, 1.807) is 12.3 Å². The average Bonchev–Trinajstić information content (AvgIpc) is 3.08. The molecule has 3 rings (SSSR count). The first-order valence-electron chi connectivity index (χ1n) is 8.37. The molecule has 4 amide bonds. The number of anilines is 1. The topological polar surface area (TPSA) is 91.4 Å². The molecule has 1 saturated carbocycles. The summed E-state index contributed by atoms with van der Waals surface area (Å²) in [4.78, 5) is 41.8. The Bertz CT molecular complexity index is 668. The van der Waals surface area contributed by atoms with Crippen LogP contribution in [0.2, 0.25) is 0 Å². The van der Waals surface area contributed by atoms with Gasteiger partial charge in [-0.2, -0.15) is 0 Å². The Balaban J connectivity index is 1.48. The summed E-state index contributed by atoms with van der Waals surface area (Å²) in [6.45, 7) is 2.19. The minimum Gasteiger partial charge on any atom is -0.323 e. The van der Waals surface area contributed by atoms with E-state index in [4.69, 9.17) is 0 Å². The fourth-order valence-electron chi connectivity index (χ4n) is 3.40. The molecule has 2 N–H and O–H groups in total. The number of hydrogen-bond acceptors (Lipinski definition) is 4. The number of carbonyl (C=O) groups excluding carboxylic acids is 3. The van der Waals surface area contributed by atoms with E-state index in [0.29, 0.717) is 25.1 Å². The van der Waals surface area contributed by atoms with Crippen LogP contribution in [0.25, 0.3) is 0 Å². The molecule has 24 heavy (non-hydrogen) atoms. The SMILES string of the molecule is Cc1ccnc(NC(=O)CCCN2C(=O)NC3(CCCC3)C2=O)c1. The summed E-state index contributed by atoms with van der Waals surface area (Å²) in [6.07, 6.45) is 5.67. The fourth-order valence-corrected chi connectivity index (χ4v) is 3.40. The van der Waals surface area contributed by atoms with E-state index >= 15 is 0 Å². The molecule has 0 aromatic carbocycles.